The van der Waals surface area contributed by atoms with Gasteiger partial charge < -0.3 is 10.3 Å². The van der Waals surface area contributed by atoms with E-state index in [4.69, 9.17) is 0 Å². The summed E-state index contributed by atoms with van der Waals surface area (Å²) in [5.41, 5.74) is 0.909. The number of hydrogen-bond donors (Lipinski definition) is 2. The van der Waals surface area contributed by atoms with Crippen LogP contribution in [-0.2, 0) is 16.6 Å². The molecular formula is C13H23N3O2S. The van der Waals surface area contributed by atoms with Crippen molar-refractivity contribution in [3.8, 4) is 0 Å². The second-order valence-electron chi connectivity index (χ2n) is 5.07. The van der Waals surface area contributed by atoms with Crippen LogP contribution in [0, 0.1) is 5.92 Å². The highest BCUT2D eigenvalue weighted by molar-refractivity contribution is 7.89. The van der Waals surface area contributed by atoms with Crippen molar-refractivity contribution in [1.29, 1.82) is 0 Å². The first-order valence-electron chi connectivity index (χ1n) is 6.96. The third-order valence-electron chi connectivity index (χ3n) is 3.75. The molecular weight excluding hydrogens is 262 g/mol. The normalized spacial score (nSPS) is 21.1. The van der Waals surface area contributed by atoms with Gasteiger partial charge in [0.15, 0.2) is 0 Å². The molecule has 1 aromatic rings. The van der Waals surface area contributed by atoms with Crippen LogP contribution in [0.3, 0.4) is 0 Å². The van der Waals surface area contributed by atoms with Crippen LogP contribution in [0.25, 0.3) is 0 Å². The fourth-order valence-corrected chi connectivity index (χ4v) is 3.98. The number of sulfonamides is 1. The minimum atomic E-state index is -3.31. The number of H-pyrrole nitrogens is 1. The molecule has 1 fully saturated rings. The number of hydrogen-bond acceptors (Lipinski definition) is 3. The summed E-state index contributed by atoms with van der Waals surface area (Å²) in [5, 5.41) is 3.18. The van der Waals surface area contributed by atoms with Crippen molar-refractivity contribution in [2.75, 3.05) is 19.6 Å². The molecule has 2 heterocycles. The maximum atomic E-state index is 12.5. The summed E-state index contributed by atoms with van der Waals surface area (Å²) < 4.78 is 26.5. The zero-order valence-corrected chi connectivity index (χ0v) is 12.5. The lowest BCUT2D eigenvalue weighted by molar-refractivity contribution is 0.453. The van der Waals surface area contributed by atoms with Gasteiger partial charge >= 0.3 is 0 Å². The van der Waals surface area contributed by atoms with E-state index in [1.807, 2.05) is 6.92 Å². The molecule has 2 N–H and O–H groups in total. The van der Waals surface area contributed by atoms with Crippen molar-refractivity contribution in [2.24, 2.45) is 5.92 Å². The lowest BCUT2D eigenvalue weighted by Gasteiger charge is -2.15. The number of nitrogens with one attached hydrogen (secondary N) is 2. The molecule has 6 heteroatoms. The molecule has 1 unspecified atom stereocenters. The third kappa shape index (κ3) is 3.19. The number of aromatic nitrogens is 1. The van der Waals surface area contributed by atoms with Gasteiger partial charge in [-0.2, -0.15) is 4.31 Å². The number of rotatable bonds is 6. The monoisotopic (exact) mass is 285 g/mol. The Kier molecular flexibility index (Phi) is 4.65. The highest BCUT2D eigenvalue weighted by atomic mass is 32.2. The fourth-order valence-electron chi connectivity index (χ4n) is 2.43. The van der Waals surface area contributed by atoms with Gasteiger partial charge in [-0.15, -0.1) is 0 Å². The molecule has 2 rings (SSSR count). The van der Waals surface area contributed by atoms with Crippen molar-refractivity contribution in [1.82, 2.24) is 14.6 Å². The molecule has 0 aromatic carbocycles. The van der Waals surface area contributed by atoms with Gasteiger partial charge in [0.25, 0.3) is 0 Å². The Morgan fingerprint density at radius 1 is 1.47 bits per heavy atom. The van der Waals surface area contributed by atoms with E-state index >= 15 is 0 Å². The summed E-state index contributed by atoms with van der Waals surface area (Å²) in [6.07, 6.45) is 3.62. The molecule has 0 spiro atoms. The highest BCUT2D eigenvalue weighted by Gasteiger charge is 2.32. The van der Waals surface area contributed by atoms with Gasteiger partial charge in [-0.05, 0) is 24.9 Å². The third-order valence-corrected chi connectivity index (χ3v) is 5.59. The quantitative estimate of drug-likeness (QED) is 0.833. The summed E-state index contributed by atoms with van der Waals surface area (Å²) in [6, 6.07) is 1.73. The van der Waals surface area contributed by atoms with Crippen LogP contribution in [-0.4, -0.2) is 37.3 Å². The first-order chi connectivity index (χ1) is 9.07. The predicted octanol–water partition coefficient (Wildman–Crippen LogP) is 1.54. The van der Waals surface area contributed by atoms with Crippen molar-refractivity contribution in [3.63, 3.8) is 0 Å². The van der Waals surface area contributed by atoms with Crippen molar-refractivity contribution in [3.05, 3.63) is 18.0 Å². The zero-order valence-electron chi connectivity index (χ0n) is 11.6. The Morgan fingerprint density at radius 3 is 2.89 bits per heavy atom. The first-order valence-corrected chi connectivity index (χ1v) is 8.40. The van der Waals surface area contributed by atoms with E-state index in [1.54, 1.807) is 16.6 Å². The van der Waals surface area contributed by atoms with Crippen molar-refractivity contribution < 1.29 is 8.42 Å². The van der Waals surface area contributed by atoms with Gasteiger partial charge in [-0.3, -0.25) is 0 Å². The first kappa shape index (κ1) is 14.6. The van der Waals surface area contributed by atoms with Gasteiger partial charge in [0.1, 0.15) is 0 Å². The van der Waals surface area contributed by atoms with Crippen LogP contribution >= 0.6 is 0 Å². The van der Waals surface area contributed by atoms with E-state index in [1.165, 1.54) is 0 Å². The Hall–Kier alpha value is -0.850. The van der Waals surface area contributed by atoms with Gasteiger partial charge in [-0.25, -0.2) is 8.42 Å². The van der Waals surface area contributed by atoms with Crippen molar-refractivity contribution >= 4 is 10.0 Å². The van der Waals surface area contributed by atoms with Crippen molar-refractivity contribution in [2.45, 2.75) is 38.1 Å². The molecule has 19 heavy (non-hydrogen) atoms. The van der Waals surface area contributed by atoms with E-state index in [9.17, 15) is 8.42 Å². The molecule has 0 aliphatic carbocycles. The molecule has 0 saturated carbocycles. The highest BCUT2D eigenvalue weighted by Crippen LogP contribution is 2.26. The molecule has 5 nitrogen and oxygen atoms in total. The maximum Gasteiger partial charge on any atom is 0.244 e. The summed E-state index contributed by atoms with van der Waals surface area (Å²) in [6.45, 7) is 6.98. The molecule has 1 saturated heterocycles. The van der Waals surface area contributed by atoms with E-state index in [-0.39, 0.29) is 0 Å². The van der Waals surface area contributed by atoms with E-state index in [2.05, 4.69) is 17.2 Å². The Morgan fingerprint density at radius 2 is 2.26 bits per heavy atom. The molecule has 108 valence electrons. The van der Waals surface area contributed by atoms with Crippen LogP contribution in [0.2, 0.25) is 0 Å². The predicted molar refractivity (Wildman–Crippen MR) is 75.3 cm³/mol. The molecule has 1 atom stereocenters. The van der Waals surface area contributed by atoms with Crippen LogP contribution in [0.4, 0.5) is 0 Å². The molecule has 0 amide bonds. The standard InChI is InChI=1S/C13H23N3O2S/c1-3-11-5-6-16(10-11)19(17,18)13-7-12(15-9-13)8-14-4-2/h7,9,11,14-15H,3-6,8,10H2,1-2H3. The smallest absolute Gasteiger partial charge is 0.244 e. The minimum Gasteiger partial charge on any atom is -0.363 e. The lowest BCUT2D eigenvalue weighted by atomic mass is 10.1. The lowest BCUT2D eigenvalue weighted by Crippen LogP contribution is -2.28. The minimum absolute atomic E-state index is 0.386. The number of aromatic amines is 1. The van der Waals surface area contributed by atoms with Crippen LogP contribution in [0.15, 0.2) is 17.2 Å². The summed E-state index contributed by atoms with van der Waals surface area (Å²) in [4.78, 5) is 3.41. The molecule has 1 aliphatic heterocycles. The Balaban J connectivity index is 2.09. The van der Waals surface area contributed by atoms with Crippen LogP contribution < -0.4 is 5.32 Å². The van der Waals surface area contributed by atoms with Crippen LogP contribution in [0.5, 0.6) is 0 Å². The number of nitrogens with zero attached hydrogens (tertiary/aromatic N) is 1. The molecule has 1 aromatic heterocycles. The van der Waals surface area contributed by atoms with Gasteiger partial charge in [0.2, 0.25) is 10.0 Å². The fraction of sp³-hybridized carbons (Fsp3) is 0.692. The maximum absolute atomic E-state index is 12.5. The zero-order chi connectivity index (χ0) is 13.9. The Bertz CT molecular complexity index is 510. The largest absolute Gasteiger partial charge is 0.363 e. The summed E-state index contributed by atoms with van der Waals surface area (Å²) in [7, 11) is -3.31. The summed E-state index contributed by atoms with van der Waals surface area (Å²) in [5.74, 6) is 0.509. The van der Waals surface area contributed by atoms with Gasteiger partial charge in [0, 0.05) is 31.5 Å². The molecule has 1 aliphatic rings. The van der Waals surface area contributed by atoms with E-state index in [0.717, 1.165) is 25.1 Å². The summed E-state index contributed by atoms with van der Waals surface area (Å²) >= 11 is 0. The second kappa shape index (κ2) is 6.07. The SMILES string of the molecule is CCNCc1cc(S(=O)(=O)N2CCC(CC)C2)c[nH]1. The van der Waals surface area contributed by atoms with Gasteiger partial charge in [-0.1, -0.05) is 20.3 Å². The van der Waals surface area contributed by atoms with E-state index in [0.29, 0.717) is 30.4 Å². The van der Waals surface area contributed by atoms with Crippen LogP contribution in [0.1, 0.15) is 32.4 Å². The van der Waals surface area contributed by atoms with Gasteiger partial charge in [0.05, 0.1) is 4.90 Å². The average Bonchev–Trinajstić information content (AvgIpc) is 3.05. The Labute approximate surface area is 115 Å². The topological polar surface area (TPSA) is 65.2 Å². The molecule has 0 radical (unpaired) electrons. The second-order valence-corrected chi connectivity index (χ2v) is 7.00. The average molecular weight is 285 g/mol. The van der Waals surface area contributed by atoms with E-state index < -0.39 is 10.0 Å². The molecule has 0 bridgehead atoms.